The maximum atomic E-state index is 12.6. The molecule has 59 heavy (non-hydrogen) atoms. The number of hydrogen-bond donors (Lipinski definition) is 3. The molecule has 10 nitrogen and oxygen atoms in total. The number of allylic oxidation sites excluding steroid dienone is 18. The van der Waals surface area contributed by atoms with Crippen molar-refractivity contribution in [1.82, 2.24) is 0 Å². The summed E-state index contributed by atoms with van der Waals surface area (Å²) in [5.41, 5.74) is 0. The molecular weight excluding hydrogens is 767 g/mol. The van der Waals surface area contributed by atoms with Crippen molar-refractivity contribution in [2.24, 2.45) is 0 Å². The van der Waals surface area contributed by atoms with Crippen LogP contribution < -0.4 is 0 Å². The smallest absolute Gasteiger partial charge is 0.462 e. The normalized spacial score (nSPS) is 14.9. The summed E-state index contributed by atoms with van der Waals surface area (Å²) in [4.78, 5) is 35.0. The van der Waals surface area contributed by atoms with Crippen LogP contribution in [0.4, 0.5) is 0 Å². The molecule has 0 aliphatic carbocycles. The molecule has 0 heterocycles. The van der Waals surface area contributed by atoms with Gasteiger partial charge in [0.2, 0.25) is 0 Å². The maximum Gasteiger partial charge on any atom is 0.472 e. The lowest BCUT2D eigenvalue weighted by molar-refractivity contribution is -0.161. The number of esters is 2. The highest BCUT2D eigenvalue weighted by atomic mass is 31.2. The SMILES string of the molecule is CC/C=C\C/C=C\C/C=C\C/C=C\C/C=C\CCCCCC(=O)O[C@H](COC(=O)CCC/C=C\C/C=C\C/C=C\C/C=C\CCCCC)COP(=O)(O)OC[C@@H](O)CO. The zero-order valence-electron chi connectivity index (χ0n) is 36.2. The van der Waals surface area contributed by atoms with Crippen LogP contribution in [0.15, 0.2) is 109 Å². The Hall–Kier alpha value is -3.37. The van der Waals surface area contributed by atoms with Crippen molar-refractivity contribution >= 4 is 19.8 Å². The lowest BCUT2D eigenvalue weighted by atomic mass is 10.1. The highest BCUT2D eigenvalue weighted by molar-refractivity contribution is 7.47. The minimum absolute atomic E-state index is 0.126. The number of ether oxygens (including phenoxy) is 2. The Morgan fingerprint density at radius 2 is 0.949 bits per heavy atom. The van der Waals surface area contributed by atoms with Gasteiger partial charge >= 0.3 is 19.8 Å². The molecule has 0 fully saturated rings. The maximum absolute atomic E-state index is 12.6. The highest BCUT2D eigenvalue weighted by Crippen LogP contribution is 2.43. The molecule has 0 saturated carbocycles. The van der Waals surface area contributed by atoms with E-state index in [0.29, 0.717) is 19.3 Å². The third-order valence-corrected chi connectivity index (χ3v) is 9.36. The molecule has 0 aromatic heterocycles. The molecule has 0 amide bonds. The molecule has 0 aliphatic rings. The molecule has 334 valence electrons. The van der Waals surface area contributed by atoms with Gasteiger partial charge in [0.25, 0.3) is 0 Å². The first-order valence-corrected chi connectivity index (χ1v) is 23.3. The van der Waals surface area contributed by atoms with Crippen LogP contribution in [0.25, 0.3) is 0 Å². The predicted molar refractivity (Wildman–Crippen MR) is 242 cm³/mol. The van der Waals surface area contributed by atoms with Gasteiger partial charge in [-0.15, -0.1) is 0 Å². The Morgan fingerprint density at radius 3 is 1.42 bits per heavy atom. The van der Waals surface area contributed by atoms with E-state index in [2.05, 4.69) is 122 Å². The van der Waals surface area contributed by atoms with Crippen molar-refractivity contribution in [2.75, 3.05) is 26.4 Å². The number of aliphatic hydroxyl groups excluding tert-OH is 2. The van der Waals surface area contributed by atoms with E-state index in [4.69, 9.17) is 19.1 Å². The number of hydrogen-bond acceptors (Lipinski definition) is 9. The van der Waals surface area contributed by atoms with Crippen molar-refractivity contribution in [3.8, 4) is 0 Å². The van der Waals surface area contributed by atoms with E-state index in [1.165, 1.54) is 19.3 Å². The Morgan fingerprint density at radius 1 is 0.525 bits per heavy atom. The molecule has 11 heteroatoms. The predicted octanol–water partition coefficient (Wildman–Crippen LogP) is 11.8. The molecule has 0 spiro atoms. The fourth-order valence-corrected chi connectivity index (χ4v) is 5.86. The molecule has 0 saturated heterocycles. The van der Waals surface area contributed by atoms with Gasteiger partial charge in [-0.05, 0) is 96.3 Å². The second kappa shape index (κ2) is 42.7. The zero-order valence-corrected chi connectivity index (χ0v) is 37.1. The van der Waals surface area contributed by atoms with Crippen LogP contribution in [-0.4, -0.2) is 65.7 Å². The second-order valence-electron chi connectivity index (χ2n) is 14.0. The van der Waals surface area contributed by atoms with Crippen LogP contribution in [0.2, 0.25) is 0 Å². The number of carbonyl (C=O) groups is 2. The summed E-state index contributed by atoms with van der Waals surface area (Å²) >= 11 is 0. The molecule has 0 aliphatic heterocycles. The standard InChI is InChI=1S/C48H77O10P/c1-3-5-7-9-11-13-15-17-19-21-22-24-26-28-30-32-34-36-38-40-48(52)58-46(44-57-59(53,54)56-42-45(50)41-49)43-55-47(51)39-37-35-33-31-29-27-25-23-20-18-16-14-12-10-8-6-4-2/h5,7,11-14,17-20,22,24-25,27-28,30-31,33,45-46,49-50H,3-4,6,8-10,15-16,21,23,26,29,32,34-44H2,1-2H3,(H,53,54)/b7-5-,13-11-,14-12-,19-17-,20-18-,24-22-,27-25-,30-28-,33-31-/t45-,46+/m0/s1. The Kier molecular flexibility index (Phi) is 40.3. The lowest BCUT2D eigenvalue weighted by Crippen LogP contribution is -2.29. The average Bonchev–Trinajstić information content (AvgIpc) is 3.22. The third-order valence-electron chi connectivity index (χ3n) is 8.41. The Balaban J connectivity index is 4.48. The van der Waals surface area contributed by atoms with Crippen LogP contribution >= 0.6 is 7.82 Å². The number of unbranched alkanes of at least 4 members (excludes halogenated alkanes) is 7. The quantitative estimate of drug-likeness (QED) is 0.0236. The van der Waals surface area contributed by atoms with Gasteiger partial charge in [0, 0.05) is 12.8 Å². The summed E-state index contributed by atoms with van der Waals surface area (Å²) in [6.07, 6.45) is 53.4. The molecule has 3 atom stereocenters. The van der Waals surface area contributed by atoms with Crippen LogP contribution in [0.1, 0.15) is 142 Å². The molecule has 0 aromatic rings. The first kappa shape index (κ1) is 55.6. The topological polar surface area (TPSA) is 149 Å². The summed E-state index contributed by atoms with van der Waals surface area (Å²) in [7, 11) is -4.65. The second-order valence-corrected chi connectivity index (χ2v) is 15.4. The molecule has 0 rings (SSSR count). The highest BCUT2D eigenvalue weighted by Gasteiger charge is 2.27. The first-order valence-electron chi connectivity index (χ1n) is 21.8. The Labute approximate surface area is 356 Å². The van der Waals surface area contributed by atoms with Gasteiger partial charge in [-0.1, -0.05) is 142 Å². The van der Waals surface area contributed by atoms with Crippen molar-refractivity contribution < 1.29 is 47.8 Å². The van der Waals surface area contributed by atoms with E-state index in [9.17, 15) is 24.2 Å². The van der Waals surface area contributed by atoms with Crippen molar-refractivity contribution in [3.63, 3.8) is 0 Å². The molecule has 0 bridgehead atoms. The van der Waals surface area contributed by atoms with Crippen molar-refractivity contribution in [2.45, 2.75) is 154 Å². The first-order chi connectivity index (χ1) is 28.7. The van der Waals surface area contributed by atoms with Gasteiger partial charge in [-0.25, -0.2) is 4.57 Å². The van der Waals surface area contributed by atoms with Gasteiger partial charge in [0.05, 0.1) is 19.8 Å². The fraction of sp³-hybridized carbons (Fsp3) is 0.583. The summed E-state index contributed by atoms with van der Waals surface area (Å²) in [5, 5.41) is 18.3. The van der Waals surface area contributed by atoms with Crippen molar-refractivity contribution in [1.29, 1.82) is 0 Å². The molecule has 0 radical (unpaired) electrons. The van der Waals surface area contributed by atoms with Crippen LogP contribution in [-0.2, 0) is 32.7 Å². The minimum atomic E-state index is -4.65. The minimum Gasteiger partial charge on any atom is -0.462 e. The van der Waals surface area contributed by atoms with Gasteiger partial charge in [0.15, 0.2) is 6.10 Å². The summed E-state index contributed by atoms with van der Waals surface area (Å²) < 4.78 is 32.6. The van der Waals surface area contributed by atoms with E-state index >= 15 is 0 Å². The average molecular weight is 845 g/mol. The van der Waals surface area contributed by atoms with E-state index in [-0.39, 0.29) is 19.4 Å². The summed E-state index contributed by atoms with van der Waals surface area (Å²) in [5.74, 6) is -1.04. The van der Waals surface area contributed by atoms with E-state index in [0.717, 1.165) is 77.0 Å². The lowest BCUT2D eigenvalue weighted by Gasteiger charge is -2.20. The monoisotopic (exact) mass is 845 g/mol. The molecule has 3 N–H and O–H groups in total. The van der Waals surface area contributed by atoms with Gasteiger partial charge in [-0.2, -0.15) is 0 Å². The number of phosphoric ester groups is 1. The van der Waals surface area contributed by atoms with Crippen LogP contribution in [0.5, 0.6) is 0 Å². The summed E-state index contributed by atoms with van der Waals surface area (Å²) in [6, 6.07) is 0. The van der Waals surface area contributed by atoms with Crippen molar-refractivity contribution in [3.05, 3.63) is 109 Å². The van der Waals surface area contributed by atoms with Gasteiger partial charge in [-0.3, -0.25) is 18.6 Å². The number of carbonyl (C=O) groups excluding carboxylic acids is 2. The molecular formula is C48H77O10P. The summed E-state index contributed by atoms with van der Waals surface area (Å²) in [6.45, 7) is 2.11. The third kappa shape index (κ3) is 42.6. The number of phosphoric acid groups is 1. The fourth-order valence-electron chi connectivity index (χ4n) is 5.07. The number of aliphatic hydroxyl groups is 2. The van der Waals surface area contributed by atoms with E-state index < -0.39 is 51.8 Å². The van der Waals surface area contributed by atoms with Gasteiger partial charge < -0.3 is 24.6 Å². The van der Waals surface area contributed by atoms with E-state index in [1.54, 1.807) is 0 Å². The molecule has 1 unspecified atom stereocenters. The number of rotatable bonds is 39. The van der Waals surface area contributed by atoms with Crippen LogP contribution in [0, 0.1) is 0 Å². The van der Waals surface area contributed by atoms with Crippen LogP contribution in [0.3, 0.4) is 0 Å². The largest absolute Gasteiger partial charge is 0.472 e. The van der Waals surface area contributed by atoms with E-state index in [1.807, 2.05) is 6.08 Å². The zero-order chi connectivity index (χ0) is 43.3. The van der Waals surface area contributed by atoms with Gasteiger partial charge in [0.1, 0.15) is 12.7 Å². The Bertz CT molecular complexity index is 1340. The molecule has 0 aromatic carbocycles.